The monoisotopic (exact) mass is 383 g/mol. The second-order valence-electron chi connectivity index (χ2n) is 6.55. The van der Waals surface area contributed by atoms with E-state index < -0.39 is 0 Å². The topological polar surface area (TPSA) is 61.8 Å². The molecule has 6 heteroatoms. The maximum absolute atomic E-state index is 12.7. The minimum absolute atomic E-state index is 0.0207. The Balaban J connectivity index is 2.00. The fourth-order valence-corrected chi connectivity index (χ4v) is 3.14. The molecule has 0 aliphatic carbocycles. The van der Waals surface area contributed by atoms with Crippen molar-refractivity contribution >= 4 is 34.8 Å². The van der Waals surface area contributed by atoms with Crippen LogP contribution in [0.3, 0.4) is 0 Å². The Labute approximate surface area is 164 Å². The minimum atomic E-state index is -0.219. The van der Waals surface area contributed by atoms with Gasteiger partial charge in [0.1, 0.15) is 13.1 Å². The number of anilines is 1. The number of carbonyl (C=O) groups is 2. The Hall–Kier alpha value is -2.66. The highest BCUT2D eigenvalue weighted by atomic mass is 35.5. The summed E-state index contributed by atoms with van der Waals surface area (Å²) in [5.41, 5.74) is 2.99. The van der Waals surface area contributed by atoms with E-state index in [-0.39, 0.29) is 30.9 Å². The SMILES string of the molecule is CCC(C)NC(=O)CN1C(=O)CN=C(c2ccccc2)c2cc(Cl)ccc21. The van der Waals surface area contributed by atoms with Gasteiger partial charge < -0.3 is 10.2 Å². The lowest BCUT2D eigenvalue weighted by Gasteiger charge is -2.23. The molecule has 1 atom stereocenters. The number of aliphatic imine (C=N–C) groups is 1. The molecule has 1 aliphatic rings. The zero-order valence-corrected chi connectivity index (χ0v) is 16.2. The molecule has 0 saturated carbocycles. The Kier molecular flexibility index (Phi) is 5.91. The van der Waals surface area contributed by atoms with Gasteiger partial charge in [-0.15, -0.1) is 0 Å². The first-order valence-electron chi connectivity index (χ1n) is 8.99. The van der Waals surface area contributed by atoms with Crippen molar-refractivity contribution in [1.29, 1.82) is 0 Å². The van der Waals surface area contributed by atoms with E-state index in [9.17, 15) is 9.59 Å². The number of fused-ring (bicyclic) bond motifs is 1. The van der Waals surface area contributed by atoms with Crippen molar-refractivity contribution in [1.82, 2.24) is 5.32 Å². The lowest BCUT2D eigenvalue weighted by molar-refractivity contribution is -0.123. The summed E-state index contributed by atoms with van der Waals surface area (Å²) in [6.07, 6.45) is 0.827. The highest BCUT2D eigenvalue weighted by Crippen LogP contribution is 2.29. The summed E-state index contributed by atoms with van der Waals surface area (Å²) in [7, 11) is 0. The first-order valence-corrected chi connectivity index (χ1v) is 9.37. The average Bonchev–Trinajstić information content (AvgIpc) is 2.79. The predicted octanol–water partition coefficient (Wildman–Crippen LogP) is 3.44. The molecule has 1 aliphatic heterocycles. The first kappa shape index (κ1) is 19.1. The van der Waals surface area contributed by atoms with Crippen LogP contribution in [0.5, 0.6) is 0 Å². The second-order valence-corrected chi connectivity index (χ2v) is 6.99. The smallest absolute Gasteiger partial charge is 0.249 e. The quantitative estimate of drug-likeness (QED) is 0.859. The normalized spacial score (nSPS) is 14.9. The molecule has 2 aromatic carbocycles. The van der Waals surface area contributed by atoms with Crippen LogP contribution < -0.4 is 10.2 Å². The van der Waals surface area contributed by atoms with E-state index in [1.165, 1.54) is 4.90 Å². The van der Waals surface area contributed by atoms with E-state index in [0.717, 1.165) is 17.5 Å². The van der Waals surface area contributed by atoms with E-state index in [1.54, 1.807) is 18.2 Å². The number of amides is 2. The fraction of sp³-hybridized carbons (Fsp3) is 0.286. The summed E-state index contributed by atoms with van der Waals surface area (Å²) < 4.78 is 0. The highest BCUT2D eigenvalue weighted by Gasteiger charge is 2.27. The number of rotatable bonds is 5. The van der Waals surface area contributed by atoms with E-state index in [1.807, 2.05) is 44.2 Å². The van der Waals surface area contributed by atoms with Crippen molar-refractivity contribution in [2.75, 3.05) is 18.0 Å². The molecule has 27 heavy (non-hydrogen) atoms. The van der Waals surface area contributed by atoms with Crippen LogP contribution in [0.15, 0.2) is 53.5 Å². The van der Waals surface area contributed by atoms with Crippen molar-refractivity contribution in [2.45, 2.75) is 26.3 Å². The molecule has 0 spiro atoms. The van der Waals surface area contributed by atoms with Crippen molar-refractivity contribution in [3.05, 3.63) is 64.7 Å². The molecule has 3 rings (SSSR count). The van der Waals surface area contributed by atoms with E-state index in [2.05, 4.69) is 10.3 Å². The molecule has 0 saturated heterocycles. The zero-order valence-electron chi connectivity index (χ0n) is 15.4. The summed E-state index contributed by atoms with van der Waals surface area (Å²) in [5, 5.41) is 3.46. The van der Waals surface area contributed by atoms with Crippen LogP contribution in [-0.4, -0.2) is 36.7 Å². The van der Waals surface area contributed by atoms with Gasteiger partial charge in [0.2, 0.25) is 11.8 Å². The molecular formula is C21H22ClN3O2. The molecule has 2 amide bonds. The Morgan fingerprint density at radius 1 is 1.26 bits per heavy atom. The number of hydrogen-bond donors (Lipinski definition) is 1. The van der Waals surface area contributed by atoms with Crippen LogP contribution in [0.2, 0.25) is 5.02 Å². The summed E-state index contributed by atoms with van der Waals surface area (Å²) in [4.78, 5) is 31.1. The van der Waals surface area contributed by atoms with Crippen LogP contribution in [0, 0.1) is 0 Å². The number of benzene rings is 2. The predicted molar refractivity (Wildman–Crippen MR) is 109 cm³/mol. The van der Waals surface area contributed by atoms with Gasteiger partial charge in [0.05, 0.1) is 11.4 Å². The fourth-order valence-electron chi connectivity index (χ4n) is 2.97. The van der Waals surface area contributed by atoms with Gasteiger partial charge in [-0.05, 0) is 31.5 Å². The molecule has 0 aromatic heterocycles. The van der Waals surface area contributed by atoms with Crippen LogP contribution in [0.25, 0.3) is 0 Å². The van der Waals surface area contributed by atoms with Crippen LogP contribution >= 0.6 is 11.6 Å². The molecule has 2 aromatic rings. The van der Waals surface area contributed by atoms with Gasteiger partial charge in [-0.25, -0.2) is 0 Å². The largest absolute Gasteiger partial charge is 0.352 e. The number of benzodiazepines with no additional fused rings is 1. The molecule has 0 fully saturated rings. The van der Waals surface area contributed by atoms with Gasteiger partial charge in [-0.2, -0.15) is 0 Å². The molecule has 1 heterocycles. The number of nitrogens with zero attached hydrogens (tertiary/aromatic N) is 2. The Morgan fingerprint density at radius 2 is 2.00 bits per heavy atom. The number of carbonyl (C=O) groups excluding carboxylic acids is 2. The van der Waals surface area contributed by atoms with E-state index >= 15 is 0 Å². The summed E-state index contributed by atoms with van der Waals surface area (Å²) >= 11 is 6.22. The molecule has 0 bridgehead atoms. The van der Waals surface area contributed by atoms with Gasteiger partial charge in [0, 0.05) is 22.2 Å². The molecule has 140 valence electrons. The molecule has 0 radical (unpaired) electrons. The maximum atomic E-state index is 12.7. The number of hydrogen-bond acceptors (Lipinski definition) is 3. The lowest BCUT2D eigenvalue weighted by Crippen LogP contribution is -2.44. The first-order chi connectivity index (χ1) is 13.0. The van der Waals surface area contributed by atoms with Crippen LogP contribution in [-0.2, 0) is 9.59 Å². The van der Waals surface area contributed by atoms with Crippen molar-refractivity contribution in [2.24, 2.45) is 4.99 Å². The standard InChI is InChI=1S/C21H22ClN3O2/c1-3-14(2)24-19(26)13-25-18-10-9-16(22)11-17(18)21(23-12-20(25)27)15-7-5-4-6-8-15/h4-11,14H,3,12-13H2,1-2H3,(H,24,26). The van der Waals surface area contributed by atoms with Gasteiger partial charge in [-0.3, -0.25) is 14.6 Å². The van der Waals surface area contributed by atoms with Crippen LogP contribution in [0.4, 0.5) is 5.69 Å². The third-order valence-electron chi connectivity index (χ3n) is 4.55. The Bertz CT molecular complexity index is 880. The molecule has 1 N–H and O–H groups in total. The molecule has 5 nitrogen and oxygen atoms in total. The summed E-state index contributed by atoms with van der Waals surface area (Å²) in [5.74, 6) is -0.412. The minimum Gasteiger partial charge on any atom is -0.352 e. The summed E-state index contributed by atoms with van der Waals surface area (Å²) in [6.45, 7) is 3.87. The highest BCUT2D eigenvalue weighted by molar-refractivity contribution is 6.32. The van der Waals surface area contributed by atoms with Crippen molar-refractivity contribution in [3.8, 4) is 0 Å². The molecule has 1 unspecified atom stereocenters. The van der Waals surface area contributed by atoms with Crippen molar-refractivity contribution in [3.63, 3.8) is 0 Å². The lowest BCUT2D eigenvalue weighted by atomic mass is 10.00. The van der Waals surface area contributed by atoms with Gasteiger partial charge >= 0.3 is 0 Å². The number of halogens is 1. The zero-order chi connectivity index (χ0) is 19.4. The van der Waals surface area contributed by atoms with Gasteiger partial charge in [-0.1, -0.05) is 48.9 Å². The van der Waals surface area contributed by atoms with E-state index in [4.69, 9.17) is 11.6 Å². The van der Waals surface area contributed by atoms with Crippen LogP contribution in [0.1, 0.15) is 31.4 Å². The summed E-state index contributed by atoms with van der Waals surface area (Å²) in [6, 6.07) is 15.0. The second kappa shape index (κ2) is 8.35. The Morgan fingerprint density at radius 3 is 2.70 bits per heavy atom. The van der Waals surface area contributed by atoms with Crippen molar-refractivity contribution < 1.29 is 9.59 Å². The number of nitrogens with one attached hydrogen (secondary N) is 1. The van der Waals surface area contributed by atoms with E-state index in [0.29, 0.717) is 16.4 Å². The van der Waals surface area contributed by atoms with Gasteiger partial charge in [0.25, 0.3) is 0 Å². The van der Waals surface area contributed by atoms with Gasteiger partial charge in [0.15, 0.2) is 0 Å². The third-order valence-corrected chi connectivity index (χ3v) is 4.78. The maximum Gasteiger partial charge on any atom is 0.249 e. The average molecular weight is 384 g/mol. The third kappa shape index (κ3) is 4.37. The molecular weight excluding hydrogens is 362 g/mol.